The molecule has 1 fully saturated rings. The molecule has 1 saturated heterocycles. The Morgan fingerprint density at radius 1 is 0.763 bits per heavy atom. The number of hydrogen-bond donors (Lipinski definition) is 2. The lowest BCUT2D eigenvalue weighted by Gasteiger charge is -2.24. The van der Waals surface area contributed by atoms with Crippen LogP contribution in [0.15, 0.2) is 48.5 Å². The van der Waals surface area contributed by atoms with E-state index in [1.165, 1.54) is 4.90 Å². The number of hydrogen-bond acceptors (Lipinski definition) is 6. The van der Waals surface area contributed by atoms with Crippen LogP contribution >= 0.6 is 0 Å². The van der Waals surface area contributed by atoms with Gasteiger partial charge < -0.3 is 29.7 Å². The summed E-state index contributed by atoms with van der Waals surface area (Å²) in [5, 5.41) is 5.89. The van der Waals surface area contributed by atoms with Crippen molar-refractivity contribution in [2.24, 2.45) is 11.8 Å². The minimum atomic E-state index is -0.675. The van der Waals surface area contributed by atoms with E-state index in [-0.39, 0.29) is 24.9 Å². The van der Waals surface area contributed by atoms with E-state index in [9.17, 15) is 14.4 Å². The van der Waals surface area contributed by atoms with E-state index in [0.29, 0.717) is 25.9 Å². The monoisotopic (exact) mass is 525 g/mol. The van der Waals surface area contributed by atoms with Gasteiger partial charge in [0.05, 0.1) is 26.1 Å². The minimum Gasteiger partial charge on any atom is -0.497 e. The Hall–Kier alpha value is -3.75. The zero-order valence-corrected chi connectivity index (χ0v) is 22.9. The molecule has 1 aliphatic heterocycles. The van der Waals surface area contributed by atoms with Crippen molar-refractivity contribution in [3.63, 3.8) is 0 Å². The number of rotatable bonds is 10. The number of nitrogens with zero attached hydrogens (tertiary/aromatic N) is 1. The molecule has 9 nitrogen and oxygen atoms in total. The van der Waals surface area contributed by atoms with Gasteiger partial charge in [-0.25, -0.2) is 4.79 Å². The summed E-state index contributed by atoms with van der Waals surface area (Å²) in [6, 6.07) is 15.3. The summed E-state index contributed by atoms with van der Waals surface area (Å²) < 4.78 is 15.9. The molecule has 3 amide bonds. The number of carbonyl (C=O) groups excluding carboxylic acids is 3. The maximum Gasteiger partial charge on any atom is 0.410 e. The largest absolute Gasteiger partial charge is 0.497 e. The highest BCUT2D eigenvalue weighted by Gasteiger charge is 2.44. The van der Waals surface area contributed by atoms with E-state index in [1.807, 2.05) is 48.5 Å². The molecule has 0 spiro atoms. The quantitative estimate of drug-likeness (QED) is 0.494. The van der Waals surface area contributed by atoms with Crippen molar-refractivity contribution < 1.29 is 28.6 Å². The lowest BCUT2D eigenvalue weighted by atomic mass is 9.94. The van der Waals surface area contributed by atoms with Crippen LogP contribution in [0.5, 0.6) is 11.5 Å². The second-order valence-electron chi connectivity index (χ2n) is 10.4. The van der Waals surface area contributed by atoms with Crippen molar-refractivity contribution in [1.82, 2.24) is 15.5 Å². The van der Waals surface area contributed by atoms with Gasteiger partial charge in [0.1, 0.15) is 17.1 Å². The van der Waals surface area contributed by atoms with Crippen LogP contribution in [-0.4, -0.2) is 68.8 Å². The topological polar surface area (TPSA) is 106 Å². The molecule has 1 heterocycles. The van der Waals surface area contributed by atoms with Crippen molar-refractivity contribution >= 4 is 17.9 Å². The lowest BCUT2D eigenvalue weighted by Crippen LogP contribution is -2.42. The number of amides is 3. The van der Waals surface area contributed by atoms with E-state index in [0.717, 1.165) is 22.6 Å². The highest BCUT2D eigenvalue weighted by atomic mass is 16.6. The first-order chi connectivity index (χ1) is 18.1. The third-order valence-electron chi connectivity index (χ3n) is 6.39. The second-order valence-corrected chi connectivity index (χ2v) is 10.4. The summed E-state index contributed by atoms with van der Waals surface area (Å²) in [6.45, 7) is 6.44. The molecule has 2 aromatic carbocycles. The van der Waals surface area contributed by atoms with E-state index in [2.05, 4.69) is 10.6 Å². The predicted octanol–water partition coefficient (Wildman–Crippen LogP) is 3.20. The normalized spacial score (nSPS) is 17.0. The first-order valence-electron chi connectivity index (χ1n) is 12.9. The van der Waals surface area contributed by atoms with Crippen molar-refractivity contribution in [1.29, 1.82) is 0 Å². The predicted molar refractivity (Wildman–Crippen MR) is 144 cm³/mol. The first-order valence-corrected chi connectivity index (χ1v) is 12.9. The van der Waals surface area contributed by atoms with Gasteiger partial charge in [-0.15, -0.1) is 0 Å². The van der Waals surface area contributed by atoms with Crippen LogP contribution in [0.3, 0.4) is 0 Å². The second kappa shape index (κ2) is 13.2. The van der Waals surface area contributed by atoms with E-state index in [1.54, 1.807) is 35.0 Å². The van der Waals surface area contributed by atoms with Gasteiger partial charge in [0, 0.05) is 26.2 Å². The molecule has 1 aliphatic rings. The highest BCUT2D eigenvalue weighted by Crippen LogP contribution is 2.26. The Labute approximate surface area is 224 Å². The molecule has 0 bridgehead atoms. The zero-order valence-electron chi connectivity index (χ0n) is 22.9. The average molecular weight is 526 g/mol. The van der Waals surface area contributed by atoms with Crippen LogP contribution in [0.1, 0.15) is 31.9 Å². The highest BCUT2D eigenvalue weighted by molar-refractivity contribution is 5.89. The molecule has 2 N–H and O–H groups in total. The Morgan fingerprint density at radius 3 is 1.50 bits per heavy atom. The van der Waals surface area contributed by atoms with Crippen LogP contribution in [0.25, 0.3) is 0 Å². The van der Waals surface area contributed by atoms with Crippen molar-refractivity contribution in [3.8, 4) is 11.5 Å². The van der Waals surface area contributed by atoms with Gasteiger partial charge in [0.15, 0.2) is 0 Å². The molecular weight excluding hydrogens is 486 g/mol. The molecule has 38 heavy (non-hydrogen) atoms. The van der Waals surface area contributed by atoms with Crippen molar-refractivity contribution in [2.75, 3.05) is 40.4 Å². The molecule has 2 atom stereocenters. The fourth-order valence-corrected chi connectivity index (χ4v) is 4.32. The fourth-order valence-electron chi connectivity index (χ4n) is 4.32. The summed E-state index contributed by atoms with van der Waals surface area (Å²) in [7, 11) is 3.23. The van der Waals surface area contributed by atoms with E-state index >= 15 is 0 Å². The number of carbonyl (C=O) groups is 3. The van der Waals surface area contributed by atoms with Gasteiger partial charge in [-0.3, -0.25) is 9.59 Å². The molecular formula is C29H39N3O6. The third kappa shape index (κ3) is 8.39. The molecule has 9 heteroatoms. The standard InChI is InChI=1S/C29H39N3O6/c1-29(2,3)38-28(35)32-18-24(26(33)30-16-14-20-6-10-22(36-4)11-7-20)25(19-32)27(34)31-17-15-21-8-12-23(37-5)13-9-21/h6-13,24-25H,14-19H2,1-5H3,(H,30,33)(H,31,34)/t24-,25-/m1/s1. The molecule has 0 aromatic heterocycles. The number of benzene rings is 2. The fraction of sp³-hybridized carbons (Fsp3) is 0.483. The van der Waals surface area contributed by atoms with E-state index < -0.39 is 23.5 Å². The number of ether oxygens (including phenoxy) is 3. The molecule has 2 aromatic rings. The third-order valence-corrected chi connectivity index (χ3v) is 6.39. The van der Waals surface area contributed by atoms with Gasteiger partial charge in [0.2, 0.25) is 11.8 Å². The van der Waals surface area contributed by atoms with Gasteiger partial charge in [-0.05, 0) is 69.0 Å². The van der Waals surface area contributed by atoms with Gasteiger partial charge in [-0.1, -0.05) is 24.3 Å². The average Bonchev–Trinajstić information content (AvgIpc) is 3.35. The minimum absolute atomic E-state index is 0.125. The van der Waals surface area contributed by atoms with Crippen LogP contribution in [-0.2, 0) is 27.2 Å². The van der Waals surface area contributed by atoms with Crippen LogP contribution < -0.4 is 20.1 Å². The summed E-state index contributed by atoms with van der Waals surface area (Å²) in [6.07, 6.45) is 0.746. The van der Waals surface area contributed by atoms with Crippen molar-refractivity contribution in [2.45, 2.75) is 39.2 Å². The summed E-state index contributed by atoms with van der Waals surface area (Å²) in [4.78, 5) is 40.5. The van der Waals surface area contributed by atoms with E-state index in [4.69, 9.17) is 14.2 Å². The smallest absolute Gasteiger partial charge is 0.410 e. The van der Waals surface area contributed by atoms with Crippen LogP contribution in [0.2, 0.25) is 0 Å². The lowest BCUT2D eigenvalue weighted by molar-refractivity contribution is -0.132. The molecule has 206 valence electrons. The zero-order chi connectivity index (χ0) is 27.7. The Bertz CT molecular complexity index is 1010. The first kappa shape index (κ1) is 28.8. The number of nitrogens with one attached hydrogen (secondary N) is 2. The maximum absolute atomic E-state index is 13.2. The number of methoxy groups -OCH3 is 2. The SMILES string of the molecule is COc1ccc(CCNC(=O)[C@@H]2CN(C(=O)OC(C)(C)C)C[C@H]2C(=O)NCCc2ccc(OC)cc2)cc1. The van der Waals surface area contributed by atoms with Gasteiger partial charge >= 0.3 is 6.09 Å². The number of likely N-dealkylation sites (tertiary alicyclic amines) is 1. The molecule has 3 rings (SSSR count). The maximum atomic E-state index is 13.2. The molecule has 0 saturated carbocycles. The van der Waals surface area contributed by atoms with Gasteiger partial charge in [0.25, 0.3) is 0 Å². The molecule has 0 unspecified atom stereocenters. The summed E-state index contributed by atoms with van der Waals surface area (Å²) >= 11 is 0. The Morgan fingerprint density at radius 2 is 1.16 bits per heavy atom. The Balaban J connectivity index is 1.60. The van der Waals surface area contributed by atoms with Crippen LogP contribution in [0, 0.1) is 11.8 Å². The molecule has 0 radical (unpaired) electrons. The van der Waals surface area contributed by atoms with Crippen molar-refractivity contribution in [3.05, 3.63) is 59.7 Å². The van der Waals surface area contributed by atoms with Gasteiger partial charge in [-0.2, -0.15) is 0 Å². The Kier molecular flexibility index (Phi) is 9.98. The summed E-state index contributed by atoms with van der Waals surface area (Å²) in [5.74, 6) is -0.294. The van der Waals surface area contributed by atoms with Crippen LogP contribution in [0.4, 0.5) is 4.79 Å². The molecule has 0 aliphatic carbocycles. The summed E-state index contributed by atoms with van der Waals surface area (Å²) in [5.41, 5.74) is 1.44.